The van der Waals surface area contributed by atoms with E-state index in [9.17, 15) is 10.1 Å². The molecule has 0 spiro atoms. The fraction of sp³-hybridized carbons (Fsp3) is 0.0556. The number of nitrogens with zero attached hydrogens (tertiary/aromatic N) is 2. The number of ether oxygens (including phenoxy) is 1. The standard InChI is InChI=1S/C18H13N3O2/c1-23-14-6-4-5-12(10-14)9-13(11-19)17-20-16-8-3-2-7-15(16)18(22)21-17/h2-10H,1H3,(H,20,21,22)/b13-9+. The zero-order valence-electron chi connectivity index (χ0n) is 12.4. The van der Waals surface area contributed by atoms with E-state index < -0.39 is 0 Å². The van der Waals surface area contributed by atoms with E-state index in [1.165, 1.54) is 0 Å². The highest BCUT2D eigenvalue weighted by atomic mass is 16.5. The molecule has 5 nitrogen and oxygen atoms in total. The molecule has 1 N–H and O–H groups in total. The predicted octanol–water partition coefficient (Wildman–Crippen LogP) is 3.00. The van der Waals surface area contributed by atoms with Gasteiger partial charge in [0.1, 0.15) is 11.8 Å². The average Bonchev–Trinajstić information content (AvgIpc) is 2.60. The van der Waals surface area contributed by atoms with E-state index >= 15 is 0 Å². The smallest absolute Gasteiger partial charge is 0.259 e. The number of nitrogens with one attached hydrogen (secondary N) is 1. The van der Waals surface area contributed by atoms with Crippen LogP contribution in [0.25, 0.3) is 22.6 Å². The lowest BCUT2D eigenvalue weighted by Crippen LogP contribution is -2.11. The fourth-order valence-electron chi connectivity index (χ4n) is 2.27. The number of aromatic amines is 1. The van der Waals surface area contributed by atoms with Gasteiger partial charge in [-0.05, 0) is 35.9 Å². The van der Waals surface area contributed by atoms with Crippen molar-refractivity contribution in [2.24, 2.45) is 0 Å². The van der Waals surface area contributed by atoms with Gasteiger partial charge in [0.15, 0.2) is 5.82 Å². The Morgan fingerprint density at radius 3 is 2.87 bits per heavy atom. The monoisotopic (exact) mass is 303 g/mol. The van der Waals surface area contributed by atoms with Crippen LogP contribution in [0.4, 0.5) is 0 Å². The molecule has 3 aromatic rings. The van der Waals surface area contributed by atoms with Crippen LogP contribution in [-0.2, 0) is 0 Å². The lowest BCUT2D eigenvalue weighted by atomic mass is 10.1. The molecule has 0 atom stereocenters. The minimum absolute atomic E-state index is 0.249. The highest BCUT2D eigenvalue weighted by molar-refractivity contribution is 5.89. The molecule has 112 valence electrons. The van der Waals surface area contributed by atoms with Crippen molar-refractivity contribution in [3.8, 4) is 11.8 Å². The third kappa shape index (κ3) is 2.97. The Hall–Kier alpha value is -3.39. The van der Waals surface area contributed by atoms with Crippen molar-refractivity contribution in [3.05, 3.63) is 70.3 Å². The summed E-state index contributed by atoms with van der Waals surface area (Å²) in [6.45, 7) is 0. The summed E-state index contributed by atoms with van der Waals surface area (Å²) in [7, 11) is 1.58. The SMILES string of the molecule is COc1cccc(/C=C(\C#N)c2nc3ccccc3c(=O)[nH]2)c1. The van der Waals surface area contributed by atoms with Gasteiger partial charge < -0.3 is 9.72 Å². The fourth-order valence-corrected chi connectivity index (χ4v) is 2.27. The van der Waals surface area contributed by atoms with Gasteiger partial charge in [0, 0.05) is 0 Å². The first-order valence-electron chi connectivity index (χ1n) is 6.96. The molecule has 0 aliphatic rings. The van der Waals surface area contributed by atoms with E-state index in [-0.39, 0.29) is 17.0 Å². The van der Waals surface area contributed by atoms with Gasteiger partial charge in [-0.3, -0.25) is 4.79 Å². The summed E-state index contributed by atoms with van der Waals surface area (Å²) in [6, 6.07) is 16.4. The van der Waals surface area contributed by atoms with Crippen LogP contribution in [0.5, 0.6) is 5.75 Å². The van der Waals surface area contributed by atoms with Crippen LogP contribution >= 0.6 is 0 Å². The van der Waals surface area contributed by atoms with E-state index in [0.29, 0.717) is 16.7 Å². The lowest BCUT2D eigenvalue weighted by molar-refractivity contribution is 0.414. The molecular weight excluding hydrogens is 290 g/mol. The van der Waals surface area contributed by atoms with Crippen LogP contribution in [0.3, 0.4) is 0 Å². The number of para-hydroxylation sites is 1. The Morgan fingerprint density at radius 2 is 2.09 bits per heavy atom. The van der Waals surface area contributed by atoms with Crippen molar-refractivity contribution in [2.45, 2.75) is 0 Å². The number of H-pyrrole nitrogens is 1. The zero-order valence-corrected chi connectivity index (χ0v) is 12.4. The number of allylic oxidation sites excluding steroid dienone is 1. The van der Waals surface area contributed by atoms with Gasteiger partial charge >= 0.3 is 0 Å². The van der Waals surface area contributed by atoms with Crippen molar-refractivity contribution in [2.75, 3.05) is 7.11 Å². The van der Waals surface area contributed by atoms with Crippen molar-refractivity contribution in [1.82, 2.24) is 9.97 Å². The van der Waals surface area contributed by atoms with Gasteiger partial charge in [-0.15, -0.1) is 0 Å². The molecule has 3 rings (SSSR count). The average molecular weight is 303 g/mol. The quantitative estimate of drug-likeness (QED) is 0.754. The second kappa shape index (κ2) is 6.16. The second-order valence-corrected chi connectivity index (χ2v) is 4.88. The van der Waals surface area contributed by atoms with Crippen molar-refractivity contribution in [3.63, 3.8) is 0 Å². The van der Waals surface area contributed by atoms with Crippen molar-refractivity contribution >= 4 is 22.6 Å². The van der Waals surface area contributed by atoms with Gasteiger partial charge in [-0.1, -0.05) is 24.3 Å². The normalized spacial score (nSPS) is 11.2. The van der Waals surface area contributed by atoms with Crippen molar-refractivity contribution < 1.29 is 4.74 Å². The van der Waals surface area contributed by atoms with Crippen LogP contribution in [0.15, 0.2) is 53.3 Å². The summed E-state index contributed by atoms with van der Waals surface area (Å²) in [4.78, 5) is 19.2. The molecule has 0 aliphatic heterocycles. The molecule has 0 saturated heterocycles. The number of rotatable bonds is 3. The molecule has 0 radical (unpaired) electrons. The number of hydrogen-bond donors (Lipinski definition) is 1. The van der Waals surface area contributed by atoms with E-state index in [1.807, 2.05) is 18.2 Å². The van der Waals surface area contributed by atoms with Crippen LogP contribution in [0.2, 0.25) is 0 Å². The Kier molecular flexibility index (Phi) is 3.89. The molecule has 2 aromatic carbocycles. The zero-order chi connectivity index (χ0) is 16.2. The first-order chi connectivity index (χ1) is 11.2. The first kappa shape index (κ1) is 14.5. The van der Waals surface area contributed by atoms with Gasteiger partial charge in [0.05, 0.1) is 23.6 Å². The third-order valence-corrected chi connectivity index (χ3v) is 3.39. The molecule has 0 unspecified atom stereocenters. The van der Waals surface area contributed by atoms with Crippen LogP contribution in [0.1, 0.15) is 11.4 Å². The summed E-state index contributed by atoms with van der Waals surface area (Å²) in [5, 5.41) is 9.91. The van der Waals surface area contributed by atoms with Crippen LogP contribution in [-0.4, -0.2) is 17.1 Å². The molecule has 0 fully saturated rings. The topological polar surface area (TPSA) is 78.8 Å². The van der Waals surface area contributed by atoms with Crippen molar-refractivity contribution in [1.29, 1.82) is 5.26 Å². The first-order valence-corrected chi connectivity index (χ1v) is 6.96. The predicted molar refractivity (Wildman–Crippen MR) is 88.8 cm³/mol. The maximum Gasteiger partial charge on any atom is 0.259 e. The molecule has 23 heavy (non-hydrogen) atoms. The molecule has 0 amide bonds. The van der Waals surface area contributed by atoms with E-state index in [2.05, 4.69) is 16.0 Å². The highest BCUT2D eigenvalue weighted by Crippen LogP contribution is 2.19. The minimum Gasteiger partial charge on any atom is -0.497 e. The van der Waals surface area contributed by atoms with E-state index in [1.54, 1.807) is 43.5 Å². The van der Waals surface area contributed by atoms with Crippen LogP contribution < -0.4 is 10.3 Å². The summed E-state index contributed by atoms with van der Waals surface area (Å²) in [5.74, 6) is 0.940. The van der Waals surface area contributed by atoms with E-state index in [0.717, 1.165) is 5.56 Å². The molecule has 0 bridgehead atoms. The van der Waals surface area contributed by atoms with Crippen LogP contribution in [0, 0.1) is 11.3 Å². The minimum atomic E-state index is -0.266. The summed E-state index contributed by atoms with van der Waals surface area (Å²) in [5.41, 5.74) is 1.35. The third-order valence-electron chi connectivity index (χ3n) is 3.39. The number of hydrogen-bond acceptors (Lipinski definition) is 4. The number of nitriles is 1. The summed E-state index contributed by atoms with van der Waals surface area (Å²) < 4.78 is 5.17. The Labute approximate surface area is 132 Å². The second-order valence-electron chi connectivity index (χ2n) is 4.88. The number of aromatic nitrogens is 2. The largest absolute Gasteiger partial charge is 0.497 e. The maximum absolute atomic E-state index is 12.1. The number of methoxy groups -OCH3 is 1. The Bertz CT molecular complexity index is 997. The molecular formula is C18H13N3O2. The maximum atomic E-state index is 12.1. The van der Waals surface area contributed by atoms with Gasteiger partial charge in [-0.25, -0.2) is 4.98 Å². The van der Waals surface area contributed by atoms with Gasteiger partial charge in [0.2, 0.25) is 0 Å². The van der Waals surface area contributed by atoms with Gasteiger partial charge in [0.25, 0.3) is 5.56 Å². The Balaban J connectivity index is 2.12. The Morgan fingerprint density at radius 1 is 1.26 bits per heavy atom. The molecule has 5 heteroatoms. The van der Waals surface area contributed by atoms with Gasteiger partial charge in [-0.2, -0.15) is 5.26 Å². The molecule has 1 aromatic heterocycles. The number of fused-ring (bicyclic) bond motifs is 1. The summed E-state index contributed by atoms with van der Waals surface area (Å²) in [6.07, 6.45) is 1.66. The number of benzene rings is 2. The molecule has 0 saturated carbocycles. The highest BCUT2D eigenvalue weighted by Gasteiger charge is 2.08. The van der Waals surface area contributed by atoms with E-state index in [4.69, 9.17) is 4.74 Å². The molecule has 0 aliphatic carbocycles. The molecule has 1 heterocycles. The lowest BCUT2D eigenvalue weighted by Gasteiger charge is -2.03. The summed E-state index contributed by atoms with van der Waals surface area (Å²) >= 11 is 0.